The first-order chi connectivity index (χ1) is 42.1. The van der Waals surface area contributed by atoms with Crippen LogP contribution in [0.15, 0.2) is 0 Å². The first-order valence-electron chi connectivity index (χ1n) is 35.7. The van der Waals surface area contributed by atoms with Crippen LogP contribution in [0.25, 0.3) is 0 Å². The zero-order valence-electron chi connectivity index (χ0n) is 57.3. The zero-order valence-corrected chi connectivity index (χ0v) is 59.1. The summed E-state index contributed by atoms with van der Waals surface area (Å²) in [5.41, 5.74) is 0. The lowest BCUT2D eigenvalue weighted by Gasteiger charge is -2.21. The highest BCUT2D eigenvalue weighted by atomic mass is 31.2. The Bertz CT molecular complexity index is 1750. The molecule has 17 nitrogen and oxygen atoms in total. The Labute approximate surface area is 537 Å². The number of hydrogen-bond donors (Lipinski definition) is 3. The molecule has 2 unspecified atom stereocenters. The Hall–Kier alpha value is -1.94. The minimum atomic E-state index is -4.95. The number of phosphoric ester groups is 2. The molecular weight excluding hydrogens is 1160 g/mol. The van der Waals surface area contributed by atoms with Crippen molar-refractivity contribution in [2.45, 2.75) is 356 Å². The number of rotatable bonds is 66. The fourth-order valence-electron chi connectivity index (χ4n) is 10.3. The van der Waals surface area contributed by atoms with E-state index in [1.807, 2.05) is 0 Å². The number of aliphatic hydroxyl groups excluding tert-OH is 1. The van der Waals surface area contributed by atoms with Crippen LogP contribution in [0.4, 0.5) is 0 Å². The molecule has 19 heteroatoms. The highest BCUT2D eigenvalue weighted by Gasteiger charge is 2.30. The molecule has 0 fully saturated rings. The first kappa shape index (κ1) is 86.1. The molecule has 0 bridgehead atoms. The second-order valence-electron chi connectivity index (χ2n) is 26.8. The van der Waals surface area contributed by atoms with E-state index in [0.717, 1.165) is 108 Å². The third-order valence-corrected chi connectivity index (χ3v) is 17.7. The van der Waals surface area contributed by atoms with Crippen molar-refractivity contribution in [1.29, 1.82) is 0 Å². The SMILES string of the molecule is CC(C)CCCCCCCCCCCCCCCC(=O)OC[C@H](COP(=O)(O)OC[C@@H](O)COP(=O)(O)OC[C@@H](COC(=O)CCCCCCCCC(C)C)OC(=O)CCCCCCCCCCCCCC(C)C)OC(=O)CCCCCCCCC(C)C. The van der Waals surface area contributed by atoms with E-state index < -0.39 is 97.5 Å². The summed E-state index contributed by atoms with van der Waals surface area (Å²) in [5, 5.41) is 10.6. The van der Waals surface area contributed by atoms with Gasteiger partial charge in [-0.3, -0.25) is 37.3 Å². The van der Waals surface area contributed by atoms with Crippen molar-refractivity contribution in [3.8, 4) is 0 Å². The van der Waals surface area contributed by atoms with Gasteiger partial charge in [0.2, 0.25) is 0 Å². The Balaban J connectivity index is 5.19. The van der Waals surface area contributed by atoms with Crippen LogP contribution >= 0.6 is 15.6 Å². The number of unbranched alkanes of at least 4 members (excludes halogenated alkanes) is 32. The molecule has 0 aliphatic rings. The first-order valence-corrected chi connectivity index (χ1v) is 38.7. The predicted molar refractivity (Wildman–Crippen MR) is 354 cm³/mol. The van der Waals surface area contributed by atoms with Crippen molar-refractivity contribution < 1.29 is 80.2 Å². The molecule has 0 rings (SSSR count). The molecule has 0 saturated carbocycles. The maximum atomic E-state index is 13.0. The summed E-state index contributed by atoms with van der Waals surface area (Å²) < 4.78 is 68.2. The molecule has 5 atom stereocenters. The summed E-state index contributed by atoms with van der Waals surface area (Å²) in [6.07, 6.45) is 40.6. The van der Waals surface area contributed by atoms with E-state index in [1.54, 1.807) is 0 Å². The summed E-state index contributed by atoms with van der Waals surface area (Å²) in [7, 11) is -9.90. The maximum absolute atomic E-state index is 13.0. The van der Waals surface area contributed by atoms with Crippen molar-refractivity contribution in [3.63, 3.8) is 0 Å². The van der Waals surface area contributed by atoms with Crippen LogP contribution < -0.4 is 0 Å². The second-order valence-corrected chi connectivity index (χ2v) is 29.7. The number of hydrogen-bond acceptors (Lipinski definition) is 15. The maximum Gasteiger partial charge on any atom is 0.472 e. The van der Waals surface area contributed by atoms with Crippen LogP contribution in [0.3, 0.4) is 0 Å². The number of carbonyl (C=O) groups is 4. The standard InChI is InChI=1S/C69H134O17P2/c1-59(2)45-37-29-21-17-13-10-9-11-15-19-23-33-41-49-66(71)79-55-65(86-69(74)52-44-36-28-26-32-40-48-62(7)8)58-84-88(77,78)82-54-63(70)53-81-87(75,76)83-57-64(56-80-67(72)50-42-34-27-25-31-39-47-61(5)6)85-68(73)51-43-35-24-20-16-12-14-18-22-30-38-46-60(3)4/h59-65,70H,9-58H2,1-8H3,(H,75,76)(H,77,78)/t63-,64+,65+/m0/s1. The molecule has 0 aromatic carbocycles. The molecule has 0 radical (unpaired) electrons. The lowest BCUT2D eigenvalue weighted by atomic mass is 10.0. The monoisotopic (exact) mass is 1300 g/mol. The van der Waals surface area contributed by atoms with E-state index >= 15 is 0 Å². The summed E-state index contributed by atoms with van der Waals surface area (Å²) in [5.74, 6) is 0.769. The van der Waals surface area contributed by atoms with Crippen LogP contribution in [-0.2, 0) is 65.4 Å². The second kappa shape index (κ2) is 58.8. The number of esters is 4. The molecule has 0 saturated heterocycles. The van der Waals surface area contributed by atoms with Gasteiger partial charge in [-0.2, -0.15) is 0 Å². The molecule has 0 aliphatic heterocycles. The average Bonchev–Trinajstić information content (AvgIpc) is 3.58. The van der Waals surface area contributed by atoms with E-state index in [-0.39, 0.29) is 25.7 Å². The van der Waals surface area contributed by atoms with Gasteiger partial charge < -0.3 is 33.8 Å². The van der Waals surface area contributed by atoms with Crippen LogP contribution in [0, 0.1) is 23.7 Å². The van der Waals surface area contributed by atoms with Gasteiger partial charge in [0.1, 0.15) is 19.3 Å². The van der Waals surface area contributed by atoms with E-state index in [1.165, 1.54) is 135 Å². The minimum Gasteiger partial charge on any atom is -0.462 e. The van der Waals surface area contributed by atoms with Crippen LogP contribution in [0.1, 0.15) is 338 Å². The van der Waals surface area contributed by atoms with Crippen LogP contribution in [-0.4, -0.2) is 96.7 Å². The zero-order chi connectivity index (χ0) is 65.4. The fourth-order valence-corrected chi connectivity index (χ4v) is 11.9. The quantitative estimate of drug-likeness (QED) is 0.0222. The van der Waals surface area contributed by atoms with Crippen LogP contribution in [0.2, 0.25) is 0 Å². The lowest BCUT2D eigenvalue weighted by molar-refractivity contribution is -0.161. The van der Waals surface area contributed by atoms with E-state index in [9.17, 15) is 43.2 Å². The van der Waals surface area contributed by atoms with Gasteiger partial charge in [0.05, 0.1) is 26.4 Å². The average molecular weight is 1300 g/mol. The Kier molecular flexibility index (Phi) is 57.6. The molecule has 3 N–H and O–H groups in total. The minimum absolute atomic E-state index is 0.102. The van der Waals surface area contributed by atoms with Gasteiger partial charge in [0.15, 0.2) is 12.2 Å². The van der Waals surface area contributed by atoms with E-state index in [2.05, 4.69) is 55.4 Å². The van der Waals surface area contributed by atoms with E-state index in [0.29, 0.717) is 37.5 Å². The smallest absolute Gasteiger partial charge is 0.462 e. The Morgan fingerprint density at radius 1 is 0.284 bits per heavy atom. The molecule has 88 heavy (non-hydrogen) atoms. The van der Waals surface area contributed by atoms with Gasteiger partial charge in [-0.05, 0) is 49.4 Å². The number of phosphoric acid groups is 2. The molecule has 522 valence electrons. The molecule has 0 aliphatic carbocycles. The fraction of sp³-hybridized carbons (Fsp3) is 0.942. The Morgan fingerprint density at radius 3 is 0.705 bits per heavy atom. The van der Waals surface area contributed by atoms with Gasteiger partial charge in [0.25, 0.3) is 0 Å². The Morgan fingerprint density at radius 2 is 0.477 bits per heavy atom. The van der Waals surface area contributed by atoms with Gasteiger partial charge in [-0.1, -0.05) is 287 Å². The van der Waals surface area contributed by atoms with Gasteiger partial charge >= 0.3 is 39.5 Å². The van der Waals surface area contributed by atoms with Crippen molar-refractivity contribution in [2.75, 3.05) is 39.6 Å². The van der Waals surface area contributed by atoms with Crippen molar-refractivity contribution in [2.24, 2.45) is 23.7 Å². The van der Waals surface area contributed by atoms with Gasteiger partial charge in [-0.25, -0.2) is 9.13 Å². The largest absolute Gasteiger partial charge is 0.472 e. The highest BCUT2D eigenvalue weighted by Crippen LogP contribution is 2.45. The molecule has 0 aromatic rings. The summed E-state index contributed by atoms with van der Waals surface area (Å²) in [6, 6.07) is 0. The number of carbonyl (C=O) groups excluding carboxylic acids is 4. The lowest BCUT2D eigenvalue weighted by Crippen LogP contribution is -2.30. The summed E-state index contributed by atoms with van der Waals surface area (Å²) in [6.45, 7) is 14.0. The molecule has 0 amide bonds. The molecule has 0 heterocycles. The van der Waals surface area contributed by atoms with E-state index in [4.69, 9.17) is 37.0 Å². The third-order valence-electron chi connectivity index (χ3n) is 15.8. The van der Waals surface area contributed by atoms with Gasteiger partial charge in [0, 0.05) is 25.7 Å². The number of ether oxygens (including phenoxy) is 4. The van der Waals surface area contributed by atoms with Crippen molar-refractivity contribution in [1.82, 2.24) is 0 Å². The number of aliphatic hydroxyl groups is 1. The topological polar surface area (TPSA) is 237 Å². The normalized spacial score (nSPS) is 14.3. The van der Waals surface area contributed by atoms with Crippen molar-refractivity contribution >= 4 is 39.5 Å². The summed E-state index contributed by atoms with van der Waals surface area (Å²) in [4.78, 5) is 72.4. The highest BCUT2D eigenvalue weighted by molar-refractivity contribution is 7.47. The predicted octanol–water partition coefficient (Wildman–Crippen LogP) is 19.3. The third kappa shape index (κ3) is 62.8. The molecule has 0 aromatic heterocycles. The van der Waals surface area contributed by atoms with Gasteiger partial charge in [-0.15, -0.1) is 0 Å². The van der Waals surface area contributed by atoms with Crippen molar-refractivity contribution in [3.05, 3.63) is 0 Å². The molecule has 0 spiro atoms. The summed E-state index contributed by atoms with van der Waals surface area (Å²) >= 11 is 0. The van der Waals surface area contributed by atoms with Crippen LogP contribution in [0.5, 0.6) is 0 Å². The molecular formula is C69H134O17P2.